The van der Waals surface area contributed by atoms with Crippen LogP contribution in [-0.4, -0.2) is 5.11 Å². The molecule has 1 heterocycles. The number of alkyl halides is 3. The van der Waals surface area contributed by atoms with Gasteiger partial charge in [-0.2, -0.15) is 13.2 Å². The molecule has 0 saturated carbocycles. The largest absolute Gasteiger partial charge is 0.504 e. The van der Waals surface area contributed by atoms with Gasteiger partial charge in [-0.15, -0.1) is 21.6 Å². The first-order valence-corrected chi connectivity index (χ1v) is 7.06. The molecule has 1 aromatic heterocycles. The van der Waals surface area contributed by atoms with Crippen molar-refractivity contribution in [2.75, 3.05) is 0 Å². The number of fused-ring (bicyclic) bond motifs is 1. The van der Waals surface area contributed by atoms with Gasteiger partial charge < -0.3 is 5.11 Å². The highest BCUT2D eigenvalue weighted by Gasteiger charge is 2.30. The number of azo groups is 1. The molecular formula is C15H9F3N2OS. The van der Waals surface area contributed by atoms with E-state index in [1.54, 1.807) is 12.1 Å². The van der Waals surface area contributed by atoms with Crippen LogP contribution < -0.4 is 0 Å². The van der Waals surface area contributed by atoms with Crippen molar-refractivity contribution in [3.63, 3.8) is 0 Å². The first kappa shape index (κ1) is 14.5. The highest BCUT2D eigenvalue weighted by molar-refractivity contribution is 7.23. The van der Waals surface area contributed by atoms with Crippen molar-refractivity contribution < 1.29 is 18.3 Å². The van der Waals surface area contributed by atoms with Gasteiger partial charge in [0, 0.05) is 10.1 Å². The van der Waals surface area contributed by atoms with E-state index >= 15 is 0 Å². The number of benzene rings is 2. The van der Waals surface area contributed by atoms with Crippen LogP contribution >= 0.6 is 11.3 Å². The lowest BCUT2D eigenvalue weighted by molar-refractivity contribution is -0.137. The Hall–Kier alpha value is -2.41. The minimum atomic E-state index is -4.43. The van der Waals surface area contributed by atoms with Crippen molar-refractivity contribution in [1.29, 1.82) is 0 Å². The molecule has 112 valence electrons. The van der Waals surface area contributed by atoms with Gasteiger partial charge in [-0.1, -0.05) is 18.2 Å². The molecule has 0 aliphatic heterocycles. The maximum Gasteiger partial charge on any atom is 0.416 e. The second-order valence-corrected chi connectivity index (χ2v) is 5.53. The molecule has 0 aliphatic carbocycles. The van der Waals surface area contributed by atoms with E-state index in [4.69, 9.17) is 0 Å². The molecule has 0 aliphatic rings. The predicted octanol–water partition coefficient (Wildman–Crippen LogP) is 6.04. The van der Waals surface area contributed by atoms with Crippen molar-refractivity contribution in [2.24, 2.45) is 10.2 Å². The molecule has 0 radical (unpaired) electrons. The molecule has 3 rings (SSSR count). The minimum absolute atomic E-state index is 0.0173. The van der Waals surface area contributed by atoms with Gasteiger partial charge in [-0.3, -0.25) is 0 Å². The lowest BCUT2D eigenvalue weighted by Gasteiger charge is -2.05. The number of aromatic hydroxyl groups is 1. The highest BCUT2D eigenvalue weighted by Crippen LogP contribution is 2.43. The zero-order valence-corrected chi connectivity index (χ0v) is 11.8. The van der Waals surface area contributed by atoms with Crippen LogP contribution in [0, 0.1) is 0 Å². The molecular weight excluding hydrogens is 313 g/mol. The molecule has 0 saturated heterocycles. The molecule has 2 aromatic carbocycles. The SMILES string of the molecule is Oc1c(N=Nc2cccc(C(F)(F)F)c2)sc2ccccc12. The van der Waals surface area contributed by atoms with Crippen LogP contribution in [0.25, 0.3) is 10.1 Å². The highest BCUT2D eigenvalue weighted by atomic mass is 32.1. The number of halogens is 3. The first-order chi connectivity index (χ1) is 10.4. The van der Waals surface area contributed by atoms with Gasteiger partial charge in [0.25, 0.3) is 0 Å². The van der Waals surface area contributed by atoms with E-state index in [9.17, 15) is 18.3 Å². The summed E-state index contributed by atoms with van der Waals surface area (Å²) in [4.78, 5) is 0. The molecule has 22 heavy (non-hydrogen) atoms. The summed E-state index contributed by atoms with van der Waals surface area (Å²) in [5.41, 5.74) is -0.712. The molecule has 0 fully saturated rings. The predicted molar refractivity (Wildman–Crippen MR) is 79.1 cm³/mol. The van der Waals surface area contributed by atoms with Crippen LogP contribution in [0.4, 0.5) is 23.9 Å². The quantitative estimate of drug-likeness (QED) is 0.574. The number of thiophene rings is 1. The van der Waals surface area contributed by atoms with E-state index in [0.717, 1.165) is 16.8 Å². The summed E-state index contributed by atoms with van der Waals surface area (Å²) in [7, 11) is 0. The summed E-state index contributed by atoms with van der Waals surface area (Å²) in [5, 5.41) is 18.6. The summed E-state index contributed by atoms with van der Waals surface area (Å²) in [6.07, 6.45) is -4.43. The van der Waals surface area contributed by atoms with E-state index in [0.29, 0.717) is 5.39 Å². The Morgan fingerprint density at radius 1 is 0.955 bits per heavy atom. The fraction of sp³-hybridized carbons (Fsp3) is 0.0667. The minimum Gasteiger partial charge on any atom is -0.504 e. The van der Waals surface area contributed by atoms with E-state index in [1.165, 1.54) is 23.5 Å². The Bertz CT molecular complexity index is 855. The molecule has 0 spiro atoms. The van der Waals surface area contributed by atoms with Crippen LogP contribution in [0.5, 0.6) is 5.75 Å². The number of nitrogens with zero attached hydrogens (tertiary/aromatic N) is 2. The summed E-state index contributed by atoms with van der Waals surface area (Å²) in [6.45, 7) is 0. The van der Waals surface area contributed by atoms with Gasteiger partial charge in [-0.25, -0.2) is 0 Å². The van der Waals surface area contributed by atoms with E-state index in [1.807, 2.05) is 12.1 Å². The third-order valence-corrected chi connectivity index (χ3v) is 4.03. The Balaban J connectivity index is 1.95. The normalized spacial score (nSPS) is 12.3. The van der Waals surface area contributed by atoms with Crippen LogP contribution in [0.1, 0.15) is 5.56 Å². The van der Waals surface area contributed by atoms with Crippen LogP contribution in [0.3, 0.4) is 0 Å². The zero-order valence-electron chi connectivity index (χ0n) is 11.0. The van der Waals surface area contributed by atoms with Crippen LogP contribution in [-0.2, 0) is 6.18 Å². The fourth-order valence-electron chi connectivity index (χ4n) is 1.93. The van der Waals surface area contributed by atoms with Gasteiger partial charge in [0.1, 0.15) is 0 Å². The Morgan fingerprint density at radius 2 is 1.73 bits per heavy atom. The Kier molecular flexibility index (Phi) is 3.58. The summed E-state index contributed by atoms with van der Waals surface area (Å²) in [6, 6.07) is 11.7. The molecule has 0 atom stereocenters. The molecule has 7 heteroatoms. The standard InChI is InChI=1S/C15H9F3N2OS/c16-15(17,18)9-4-3-5-10(8-9)19-20-14-13(21)11-6-1-2-7-12(11)22-14/h1-8,21H. The van der Waals surface area contributed by atoms with Crippen LogP contribution in [0.2, 0.25) is 0 Å². The van der Waals surface area contributed by atoms with Crippen molar-refractivity contribution in [3.8, 4) is 5.75 Å². The molecule has 3 aromatic rings. The number of rotatable bonds is 2. The smallest absolute Gasteiger partial charge is 0.416 e. The monoisotopic (exact) mass is 322 g/mol. The second kappa shape index (κ2) is 5.42. The third-order valence-electron chi connectivity index (χ3n) is 2.98. The number of hydrogen-bond acceptors (Lipinski definition) is 4. The average molecular weight is 322 g/mol. The van der Waals surface area contributed by atoms with Gasteiger partial charge in [0.2, 0.25) is 0 Å². The maximum absolute atomic E-state index is 12.6. The summed E-state index contributed by atoms with van der Waals surface area (Å²) < 4.78 is 38.7. The summed E-state index contributed by atoms with van der Waals surface area (Å²) in [5.74, 6) is -0.0173. The molecule has 3 nitrogen and oxygen atoms in total. The van der Waals surface area contributed by atoms with Crippen molar-refractivity contribution in [1.82, 2.24) is 0 Å². The second-order valence-electron chi connectivity index (χ2n) is 4.50. The van der Waals surface area contributed by atoms with Crippen molar-refractivity contribution in [2.45, 2.75) is 6.18 Å². The zero-order chi connectivity index (χ0) is 15.7. The lowest BCUT2D eigenvalue weighted by atomic mass is 10.2. The molecule has 0 unspecified atom stereocenters. The molecule has 1 N–H and O–H groups in total. The molecule has 0 bridgehead atoms. The number of hydrogen-bond donors (Lipinski definition) is 1. The maximum atomic E-state index is 12.6. The van der Waals surface area contributed by atoms with Gasteiger partial charge in [0.05, 0.1) is 11.3 Å². The average Bonchev–Trinajstić information content (AvgIpc) is 2.82. The molecule has 0 amide bonds. The van der Waals surface area contributed by atoms with Crippen molar-refractivity contribution >= 4 is 32.1 Å². The van der Waals surface area contributed by atoms with Gasteiger partial charge in [-0.05, 0) is 30.3 Å². The first-order valence-electron chi connectivity index (χ1n) is 6.24. The fourth-order valence-corrected chi connectivity index (χ4v) is 2.85. The summed E-state index contributed by atoms with van der Waals surface area (Å²) >= 11 is 1.22. The lowest BCUT2D eigenvalue weighted by Crippen LogP contribution is -2.03. The Morgan fingerprint density at radius 3 is 2.45 bits per heavy atom. The van der Waals surface area contributed by atoms with Crippen molar-refractivity contribution in [3.05, 3.63) is 54.1 Å². The van der Waals surface area contributed by atoms with Gasteiger partial charge >= 0.3 is 6.18 Å². The topological polar surface area (TPSA) is 45.0 Å². The Labute approximate surface area is 127 Å². The van der Waals surface area contributed by atoms with E-state index < -0.39 is 11.7 Å². The van der Waals surface area contributed by atoms with E-state index in [-0.39, 0.29) is 16.4 Å². The van der Waals surface area contributed by atoms with Gasteiger partial charge in [0.15, 0.2) is 10.8 Å². The van der Waals surface area contributed by atoms with Crippen LogP contribution in [0.15, 0.2) is 58.8 Å². The van der Waals surface area contributed by atoms with E-state index in [2.05, 4.69) is 10.2 Å². The third kappa shape index (κ3) is 2.80.